The summed E-state index contributed by atoms with van der Waals surface area (Å²) in [7, 11) is -2.07. The molecule has 1 rings (SSSR count). The van der Waals surface area contributed by atoms with Gasteiger partial charge in [-0.05, 0) is 25.2 Å². The molecule has 0 bridgehead atoms. The van der Waals surface area contributed by atoms with Crippen molar-refractivity contribution in [1.29, 1.82) is 0 Å². The lowest BCUT2D eigenvalue weighted by molar-refractivity contribution is -0.140. The molecule has 0 heterocycles. The number of nitrogens with zero attached hydrogens (tertiary/aromatic N) is 1. The number of carbonyl (C=O) groups excluding carboxylic acids is 1. The summed E-state index contributed by atoms with van der Waals surface area (Å²) in [4.78, 5) is 10.9. The Kier molecular flexibility index (Phi) is 5.63. The van der Waals surface area contributed by atoms with Crippen LogP contribution < -0.4 is 0 Å². The summed E-state index contributed by atoms with van der Waals surface area (Å²) in [6, 6.07) is 0. The van der Waals surface area contributed by atoms with Crippen molar-refractivity contribution in [3.8, 4) is 12.3 Å². The van der Waals surface area contributed by atoms with Crippen LogP contribution in [0.25, 0.3) is 0 Å². The van der Waals surface area contributed by atoms with Gasteiger partial charge in [-0.25, -0.2) is 8.42 Å². The normalized spacial score (nSPS) is 15.4. The van der Waals surface area contributed by atoms with E-state index in [9.17, 15) is 13.2 Å². The summed E-state index contributed by atoms with van der Waals surface area (Å²) in [6.07, 6.45) is 7.71. The molecule has 0 radical (unpaired) electrons. The second-order valence-corrected chi connectivity index (χ2v) is 6.52. The molecule has 0 unspecified atom stereocenters. The highest BCUT2D eigenvalue weighted by atomic mass is 32.2. The third-order valence-electron chi connectivity index (χ3n) is 2.83. The number of rotatable bonds is 8. The van der Waals surface area contributed by atoms with E-state index in [2.05, 4.69) is 10.7 Å². The molecule has 1 aliphatic rings. The summed E-state index contributed by atoms with van der Waals surface area (Å²) in [6.45, 7) is 0.613. The summed E-state index contributed by atoms with van der Waals surface area (Å²) in [5.41, 5.74) is 0. The van der Waals surface area contributed by atoms with Crippen molar-refractivity contribution in [2.75, 3.05) is 26.0 Å². The standard InChI is InChI=1S/C12H19NO4S/c1-3-8-13(10-11-6-7-11)18(15,16)9-4-5-12(14)17-2/h1,11H,4-10H2,2H3. The average molecular weight is 273 g/mol. The number of methoxy groups -OCH3 is 1. The first-order valence-corrected chi connectivity index (χ1v) is 7.58. The van der Waals surface area contributed by atoms with Crippen molar-refractivity contribution < 1.29 is 17.9 Å². The topological polar surface area (TPSA) is 63.7 Å². The van der Waals surface area contributed by atoms with Crippen molar-refractivity contribution in [3.05, 3.63) is 0 Å². The van der Waals surface area contributed by atoms with E-state index < -0.39 is 16.0 Å². The maximum Gasteiger partial charge on any atom is 0.305 e. The Labute approximate surface area is 109 Å². The van der Waals surface area contributed by atoms with Crippen molar-refractivity contribution in [3.63, 3.8) is 0 Å². The molecule has 0 spiro atoms. The van der Waals surface area contributed by atoms with Gasteiger partial charge < -0.3 is 4.74 Å². The van der Waals surface area contributed by atoms with E-state index in [1.54, 1.807) is 0 Å². The maximum absolute atomic E-state index is 12.0. The molecular formula is C12H19NO4S. The van der Waals surface area contributed by atoms with Gasteiger partial charge in [-0.1, -0.05) is 5.92 Å². The zero-order valence-corrected chi connectivity index (χ0v) is 11.4. The molecule has 0 aliphatic heterocycles. The average Bonchev–Trinajstić information content (AvgIpc) is 3.12. The first-order chi connectivity index (χ1) is 8.49. The zero-order valence-electron chi connectivity index (χ0n) is 10.6. The molecule has 0 aromatic carbocycles. The van der Waals surface area contributed by atoms with Crippen molar-refractivity contribution >= 4 is 16.0 Å². The third-order valence-corrected chi connectivity index (χ3v) is 4.70. The van der Waals surface area contributed by atoms with E-state index in [1.807, 2.05) is 0 Å². The molecule has 102 valence electrons. The third kappa shape index (κ3) is 5.07. The fraction of sp³-hybridized carbons (Fsp3) is 0.750. The van der Waals surface area contributed by atoms with Crippen molar-refractivity contribution in [2.24, 2.45) is 5.92 Å². The molecule has 0 atom stereocenters. The number of carbonyl (C=O) groups is 1. The van der Waals surface area contributed by atoms with Crippen LogP contribution in [0.1, 0.15) is 25.7 Å². The lowest BCUT2D eigenvalue weighted by Gasteiger charge is -2.19. The Hall–Kier alpha value is -1.06. The van der Waals surface area contributed by atoms with E-state index in [-0.39, 0.29) is 25.1 Å². The van der Waals surface area contributed by atoms with Gasteiger partial charge in [0.25, 0.3) is 0 Å². The monoisotopic (exact) mass is 273 g/mol. The van der Waals surface area contributed by atoms with Gasteiger partial charge in [0, 0.05) is 13.0 Å². The molecule has 0 saturated heterocycles. The lowest BCUT2D eigenvalue weighted by Crippen LogP contribution is -2.35. The van der Waals surface area contributed by atoms with Crippen LogP contribution in [-0.2, 0) is 19.6 Å². The maximum atomic E-state index is 12.0. The highest BCUT2D eigenvalue weighted by molar-refractivity contribution is 7.89. The van der Waals surface area contributed by atoms with Gasteiger partial charge in [-0.2, -0.15) is 4.31 Å². The van der Waals surface area contributed by atoms with Gasteiger partial charge in [-0.3, -0.25) is 4.79 Å². The first kappa shape index (κ1) is 15.0. The Morgan fingerprint density at radius 3 is 2.67 bits per heavy atom. The number of hydrogen-bond acceptors (Lipinski definition) is 4. The highest BCUT2D eigenvalue weighted by Gasteiger charge is 2.29. The largest absolute Gasteiger partial charge is 0.469 e. The zero-order chi connectivity index (χ0) is 13.6. The second kappa shape index (κ2) is 6.76. The Bertz CT molecular complexity index is 420. The number of esters is 1. The Balaban J connectivity index is 2.47. The van der Waals surface area contributed by atoms with E-state index >= 15 is 0 Å². The molecule has 0 N–H and O–H groups in total. The van der Waals surface area contributed by atoms with Gasteiger partial charge in [-0.15, -0.1) is 6.42 Å². The van der Waals surface area contributed by atoms with E-state index in [0.717, 1.165) is 12.8 Å². The van der Waals surface area contributed by atoms with Crippen LogP contribution in [0.4, 0.5) is 0 Å². The van der Waals surface area contributed by atoms with Crippen molar-refractivity contribution in [1.82, 2.24) is 4.31 Å². The van der Waals surface area contributed by atoms with Crippen LogP contribution in [0.2, 0.25) is 0 Å². The first-order valence-electron chi connectivity index (χ1n) is 5.97. The number of terminal acetylenes is 1. The van der Waals surface area contributed by atoms with Crippen LogP contribution in [-0.4, -0.2) is 44.6 Å². The van der Waals surface area contributed by atoms with Crippen LogP contribution >= 0.6 is 0 Å². The fourth-order valence-electron chi connectivity index (χ4n) is 1.60. The van der Waals surface area contributed by atoms with Crippen LogP contribution in [0.3, 0.4) is 0 Å². The van der Waals surface area contributed by atoms with Gasteiger partial charge in [0.15, 0.2) is 0 Å². The minimum absolute atomic E-state index is 0.0590. The smallest absolute Gasteiger partial charge is 0.305 e. The second-order valence-electron chi connectivity index (χ2n) is 4.44. The number of ether oxygens (including phenoxy) is 1. The molecule has 1 aliphatic carbocycles. The number of hydrogen-bond donors (Lipinski definition) is 0. The van der Waals surface area contributed by atoms with Gasteiger partial charge >= 0.3 is 5.97 Å². The minimum Gasteiger partial charge on any atom is -0.469 e. The van der Waals surface area contributed by atoms with Crippen LogP contribution in [0.15, 0.2) is 0 Å². The molecule has 6 heteroatoms. The van der Waals surface area contributed by atoms with Crippen LogP contribution in [0, 0.1) is 18.3 Å². The van der Waals surface area contributed by atoms with Gasteiger partial charge in [0.05, 0.1) is 19.4 Å². The molecular weight excluding hydrogens is 254 g/mol. The van der Waals surface area contributed by atoms with E-state index in [0.29, 0.717) is 12.5 Å². The summed E-state index contributed by atoms with van der Waals surface area (Å²) in [5.74, 6) is 2.37. The summed E-state index contributed by atoms with van der Waals surface area (Å²) < 4.78 is 29.9. The summed E-state index contributed by atoms with van der Waals surface area (Å²) in [5, 5.41) is 0. The SMILES string of the molecule is C#CCN(CC1CC1)S(=O)(=O)CCCC(=O)OC. The quantitative estimate of drug-likeness (QED) is 0.480. The summed E-state index contributed by atoms with van der Waals surface area (Å²) >= 11 is 0. The van der Waals surface area contributed by atoms with E-state index in [4.69, 9.17) is 6.42 Å². The number of sulfonamides is 1. The van der Waals surface area contributed by atoms with E-state index in [1.165, 1.54) is 11.4 Å². The Morgan fingerprint density at radius 2 is 2.17 bits per heavy atom. The fourth-order valence-corrected chi connectivity index (χ4v) is 3.07. The van der Waals surface area contributed by atoms with Crippen molar-refractivity contribution in [2.45, 2.75) is 25.7 Å². The molecule has 1 fully saturated rings. The predicted molar refractivity (Wildman–Crippen MR) is 68.2 cm³/mol. The molecule has 0 aromatic heterocycles. The molecule has 1 saturated carbocycles. The predicted octanol–water partition coefficient (Wildman–Crippen LogP) is 0.615. The Morgan fingerprint density at radius 1 is 1.50 bits per heavy atom. The molecule has 5 nitrogen and oxygen atoms in total. The lowest BCUT2D eigenvalue weighted by atomic mass is 10.3. The van der Waals surface area contributed by atoms with Gasteiger partial charge in [0.2, 0.25) is 10.0 Å². The molecule has 18 heavy (non-hydrogen) atoms. The molecule has 0 amide bonds. The van der Waals surface area contributed by atoms with Gasteiger partial charge in [0.1, 0.15) is 0 Å². The highest BCUT2D eigenvalue weighted by Crippen LogP contribution is 2.30. The minimum atomic E-state index is -3.36. The molecule has 0 aromatic rings. The van der Waals surface area contributed by atoms with Crippen LogP contribution in [0.5, 0.6) is 0 Å².